The third-order valence-corrected chi connectivity index (χ3v) is 3.56. The van der Waals surface area contributed by atoms with Gasteiger partial charge >= 0.3 is 0 Å². The molecule has 3 aromatic rings. The SMILES string of the molecule is Cc1ccc(Oc2ccc(C(=O)N(C)c3cccnc3)cn2)cc1. The van der Waals surface area contributed by atoms with Crippen LogP contribution >= 0.6 is 0 Å². The third kappa shape index (κ3) is 3.57. The Morgan fingerprint density at radius 3 is 2.46 bits per heavy atom. The third-order valence-electron chi connectivity index (χ3n) is 3.56. The number of carbonyl (C=O) groups excluding carboxylic acids is 1. The summed E-state index contributed by atoms with van der Waals surface area (Å²) in [5.74, 6) is 0.997. The Balaban J connectivity index is 1.72. The Labute approximate surface area is 140 Å². The number of nitrogens with zero attached hydrogens (tertiary/aromatic N) is 3. The van der Waals surface area contributed by atoms with Crippen LogP contribution < -0.4 is 9.64 Å². The van der Waals surface area contributed by atoms with Gasteiger partial charge in [-0.2, -0.15) is 0 Å². The van der Waals surface area contributed by atoms with Crippen LogP contribution in [0.15, 0.2) is 67.1 Å². The molecule has 5 nitrogen and oxygen atoms in total. The number of rotatable bonds is 4. The first-order chi connectivity index (χ1) is 11.6. The number of pyridine rings is 2. The number of amides is 1. The number of anilines is 1. The van der Waals surface area contributed by atoms with Crippen molar-refractivity contribution in [1.82, 2.24) is 9.97 Å². The van der Waals surface area contributed by atoms with Gasteiger partial charge in [-0.15, -0.1) is 0 Å². The highest BCUT2D eigenvalue weighted by Gasteiger charge is 2.14. The molecule has 1 aromatic carbocycles. The summed E-state index contributed by atoms with van der Waals surface area (Å²) in [6.07, 6.45) is 4.82. The second-order valence-corrected chi connectivity index (χ2v) is 5.38. The van der Waals surface area contributed by atoms with E-state index in [4.69, 9.17) is 4.74 Å². The first-order valence-corrected chi connectivity index (χ1v) is 7.52. The predicted molar refractivity (Wildman–Crippen MR) is 92.5 cm³/mol. The van der Waals surface area contributed by atoms with Crippen molar-refractivity contribution in [3.8, 4) is 11.6 Å². The van der Waals surface area contributed by atoms with Crippen LogP contribution in [0.2, 0.25) is 0 Å². The Morgan fingerprint density at radius 1 is 1.04 bits per heavy atom. The lowest BCUT2D eigenvalue weighted by Gasteiger charge is -2.16. The van der Waals surface area contributed by atoms with Gasteiger partial charge in [0, 0.05) is 25.5 Å². The fourth-order valence-electron chi connectivity index (χ4n) is 2.16. The zero-order valence-corrected chi connectivity index (χ0v) is 13.5. The van der Waals surface area contributed by atoms with Gasteiger partial charge in [0.1, 0.15) is 5.75 Å². The quantitative estimate of drug-likeness (QED) is 0.733. The van der Waals surface area contributed by atoms with E-state index in [0.29, 0.717) is 17.2 Å². The molecule has 0 aliphatic carbocycles. The molecule has 0 N–H and O–H groups in total. The average Bonchev–Trinajstić information content (AvgIpc) is 2.64. The molecule has 1 amide bonds. The highest BCUT2D eigenvalue weighted by molar-refractivity contribution is 6.05. The lowest BCUT2D eigenvalue weighted by Crippen LogP contribution is -2.26. The summed E-state index contributed by atoms with van der Waals surface area (Å²) in [7, 11) is 1.70. The molecule has 2 aromatic heterocycles. The summed E-state index contributed by atoms with van der Waals surface area (Å²) < 4.78 is 5.67. The van der Waals surface area contributed by atoms with Gasteiger partial charge in [-0.25, -0.2) is 4.98 Å². The Kier molecular flexibility index (Phi) is 4.52. The normalized spacial score (nSPS) is 10.2. The minimum Gasteiger partial charge on any atom is -0.439 e. The fraction of sp³-hybridized carbons (Fsp3) is 0.105. The molecule has 0 saturated heterocycles. The molecule has 120 valence electrons. The van der Waals surface area contributed by atoms with Gasteiger partial charge in [0.05, 0.1) is 17.4 Å². The lowest BCUT2D eigenvalue weighted by atomic mass is 10.2. The first kappa shape index (κ1) is 15.7. The molecule has 5 heteroatoms. The van der Waals surface area contributed by atoms with E-state index in [1.54, 1.807) is 37.6 Å². The van der Waals surface area contributed by atoms with Crippen LogP contribution in [0.25, 0.3) is 0 Å². The van der Waals surface area contributed by atoms with Crippen molar-refractivity contribution >= 4 is 11.6 Å². The lowest BCUT2D eigenvalue weighted by molar-refractivity contribution is 0.0992. The summed E-state index contributed by atoms with van der Waals surface area (Å²) >= 11 is 0. The summed E-state index contributed by atoms with van der Waals surface area (Å²) in [5, 5.41) is 0. The standard InChI is InChI=1S/C19H17N3O2/c1-14-5-8-17(9-6-14)24-18-10-7-15(12-21-18)19(23)22(2)16-4-3-11-20-13-16/h3-13H,1-2H3. The number of carbonyl (C=O) groups is 1. The van der Waals surface area contributed by atoms with Gasteiger partial charge < -0.3 is 9.64 Å². The minimum absolute atomic E-state index is 0.155. The summed E-state index contributed by atoms with van der Waals surface area (Å²) in [4.78, 5) is 22.2. The zero-order chi connectivity index (χ0) is 16.9. The van der Waals surface area contributed by atoms with Crippen LogP contribution in [0, 0.1) is 6.92 Å². The van der Waals surface area contributed by atoms with Crippen molar-refractivity contribution in [3.63, 3.8) is 0 Å². The highest BCUT2D eigenvalue weighted by Crippen LogP contribution is 2.20. The van der Waals surface area contributed by atoms with Crippen LogP contribution in [-0.4, -0.2) is 22.9 Å². The van der Waals surface area contributed by atoms with Gasteiger partial charge in [-0.1, -0.05) is 17.7 Å². The predicted octanol–water partition coefficient (Wildman–Crippen LogP) is 3.85. The number of benzene rings is 1. The van der Waals surface area contributed by atoms with Gasteiger partial charge in [0.25, 0.3) is 5.91 Å². The monoisotopic (exact) mass is 319 g/mol. The fourth-order valence-corrected chi connectivity index (χ4v) is 2.16. The number of aryl methyl sites for hydroxylation is 1. The largest absolute Gasteiger partial charge is 0.439 e. The van der Waals surface area contributed by atoms with Gasteiger partial charge in [0.15, 0.2) is 0 Å². The van der Waals surface area contributed by atoms with Gasteiger partial charge in [-0.3, -0.25) is 9.78 Å². The Morgan fingerprint density at radius 2 is 1.83 bits per heavy atom. The summed E-state index contributed by atoms with van der Waals surface area (Å²) in [6.45, 7) is 2.02. The number of ether oxygens (including phenoxy) is 1. The topological polar surface area (TPSA) is 55.3 Å². The molecule has 0 aliphatic heterocycles. The molecule has 0 radical (unpaired) electrons. The molecule has 0 spiro atoms. The highest BCUT2D eigenvalue weighted by atomic mass is 16.5. The molecule has 0 unspecified atom stereocenters. The van der Waals surface area contributed by atoms with E-state index in [9.17, 15) is 4.79 Å². The van der Waals surface area contributed by atoms with Crippen molar-refractivity contribution in [2.45, 2.75) is 6.92 Å². The molecule has 3 rings (SSSR count). The smallest absolute Gasteiger partial charge is 0.259 e. The zero-order valence-electron chi connectivity index (χ0n) is 13.5. The molecule has 24 heavy (non-hydrogen) atoms. The second-order valence-electron chi connectivity index (χ2n) is 5.38. The van der Waals surface area contributed by atoms with Gasteiger partial charge in [-0.05, 0) is 37.3 Å². The van der Waals surface area contributed by atoms with E-state index in [2.05, 4.69) is 9.97 Å². The molecule has 0 atom stereocenters. The van der Waals surface area contributed by atoms with Crippen molar-refractivity contribution in [2.24, 2.45) is 0 Å². The maximum Gasteiger partial charge on any atom is 0.259 e. The van der Waals surface area contributed by atoms with Crippen LogP contribution in [0.1, 0.15) is 15.9 Å². The van der Waals surface area contributed by atoms with E-state index >= 15 is 0 Å². The van der Waals surface area contributed by atoms with Crippen molar-refractivity contribution in [1.29, 1.82) is 0 Å². The van der Waals surface area contributed by atoms with E-state index in [0.717, 1.165) is 11.3 Å². The van der Waals surface area contributed by atoms with E-state index < -0.39 is 0 Å². The average molecular weight is 319 g/mol. The maximum atomic E-state index is 12.5. The molecule has 0 fully saturated rings. The maximum absolute atomic E-state index is 12.5. The van der Waals surface area contributed by atoms with E-state index in [-0.39, 0.29) is 5.91 Å². The van der Waals surface area contributed by atoms with Crippen LogP contribution in [0.3, 0.4) is 0 Å². The first-order valence-electron chi connectivity index (χ1n) is 7.52. The van der Waals surface area contributed by atoms with Crippen molar-refractivity contribution < 1.29 is 9.53 Å². The molecular weight excluding hydrogens is 302 g/mol. The van der Waals surface area contributed by atoms with Crippen molar-refractivity contribution in [3.05, 3.63) is 78.2 Å². The minimum atomic E-state index is -0.155. The molecular formula is C19H17N3O2. The Bertz CT molecular complexity index is 815. The number of aromatic nitrogens is 2. The van der Waals surface area contributed by atoms with Crippen LogP contribution in [0.5, 0.6) is 11.6 Å². The van der Waals surface area contributed by atoms with Crippen molar-refractivity contribution in [2.75, 3.05) is 11.9 Å². The van der Waals surface area contributed by atoms with Crippen LogP contribution in [0.4, 0.5) is 5.69 Å². The molecule has 2 heterocycles. The van der Waals surface area contributed by atoms with E-state index in [1.165, 1.54) is 11.1 Å². The summed E-state index contributed by atoms with van der Waals surface area (Å²) in [5.41, 5.74) is 2.37. The molecule has 0 bridgehead atoms. The van der Waals surface area contributed by atoms with Crippen LogP contribution in [-0.2, 0) is 0 Å². The summed E-state index contributed by atoms with van der Waals surface area (Å²) in [6, 6.07) is 14.7. The van der Waals surface area contributed by atoms with Gasteiger partial charge in [0.2, 0.25) is 5.88 Å². The second kappa shape index (κ2) is 6.91. The Hall–Kier alpha value is -3.21. The van der Waals surface area contributed by atoms with E-state index in [1.807, 2.05) is 37.3 Å². The molecule has 0 aliphatic rings. The molecule has 0 saturated carbocycles. The number of hydrogen-bond donors (Lipinski definition) is 0. The number of hydrogen-bond acceptors (Lipinski definition) is 4.